The number of nitrogens with one attached hydrogen (secondary N) is 2. The zero-order chi connectivity index (χ0) is 13.1. The fourth-order valence-corrected chi connectivity index (χ4v) is 1.96. The quantitative estimate of drug-likeness (QED) is 0.819. The molecule has 1 saturated heterocycles. The summed E-state index contributed by atoms with van der Waals surface area (Å²) < 4.78 is 13.1. The van der Waals surface area contributed by atoms with Crippen LogP contribution in [0.2, 0.25) is 0 Å². The Balaban J connectivity index is 2.08. The minimum absolute atomic E-state index is 0.123. The molecule has 96 valence electrons. The van der Waals surface area contributed by atoms with Crippen molar-refractivity contribution in [2.75, 3.05) is 18.5 Å². The van der Waals surface area contributed by atoms with Crippen molar-refractivity contribution in [1.82, 2.24) is 10.6 Å². The lowest BCUT2D eigenvalue weighted by Gasteiger charge is -2.17. The number of nitrogens with zero attached hydrogens (tertiary/aromatic N) is 1. The predicted molar refractivity (Wildman–Crippen MR) is 64.7 cm³/mol. The first-order chi connectivity index (χ1) is 8.60. The van der Waals surface area contributed by atoms with Gasteiger partial charge in [0.1, 0.15) is 5.82 Å². The summed E-state index contributed by atoms with van der Waals surface area (Å²) >= 11 is 0. The molecule has 1 aliphatic rings. The van der Waals surface area contributed by atoms with Crippen molar-refractivity contribution in [3.05, 3.63) is 30.1 Å². The molecule has 0 aliphatic carbocycles. The van der Waals surface area contributed by atoms with Gasteiger partial charge in [-0.3, -0.25) is 4.79 Å². The molecule has 5 nitrogen and oxygen atoms in total. The van der Waals surface area contributed by atoms with Crippen LogP contribution in [0.4, 0.5) is 14.9 Å². The number of hydrogen-bond donors (Lipinski definition) is 2. The van der Waals surface area contributed by atoms with Crippen molar-refractivity contribution < 1.29 is 14.0 Å². The van der Waals surface area contributed by atoms with Crippen LogP contribution in [0.3, 0.4) is 0 Å². The molecule has 1 fully saturated rings. The highest BCUT2D eigenvalue weighted by Gasteiger charge is 2.31. The van der Waals surface area contributed by atoms with Gasteiger partial charge >= 0.3 is 6.03 Å². The third-order valence-corrected chi connectivity index (χ3v) is 2.81. The van der Waals surface area contributed by atoms with E-state index >= 15 is 0 Å². The van der Waals surface area contributed by atoms with Gasteiger partial charge in [-0.15, -0.1) is 0 Å². The van der Waals surface area contributed by atoms with Crippen LogP contribution >= 0.6 is 0 Å². The molecule has 6 heteroatoms. The molecule has 18 heavy (non-hydrogen) atoms. The highest BCUT2D eigenvalue weighted by atomic mass is 19.1. The number of benzene rings is 1. The Hall–Kier alpha value is -2.11. The summed E-state index contributed by atoms with van der Waals surface area (Å²) in [6.07, 6.45) is 0.226. The largest absolute Gasteiger partial charge is 0.341 e. The van der Waals surface area contributed by atoms with E-state index in [0.717, 1.165) is 0 Å². The molecule has 0 radical (unpaired) electrons. The lowest BCUT2D eigenvalue weighted by atomic mass is 10.2. The van der Waals surface area contributed by atoms with Crippen LogP contribution in [-0.4, -0.2) is 31.6 Å². The minimum atomic E-state index is -0.386. The van der Waals surface area contributed by atoms with Gasteiger partial charge in [0, 0.05) is 25.7 Å². The summed E-state index contributed by atoms with van der Waals surface area (Å²) in [5.74, 6) is -0.509. The molecule has 2 rings (SSSR count). The van der Waals surface area contributed by atoms with E-state index in [0.29, 0.717) is 12.2 Å². The third kappa shape index (κ3) is 2.58. The number of carbonyl (C=O) groups excluding carboxylic acids is 2. The summed E-state index contributed by atoms with van der Waals surface area (Å²) in [4.78, 5) is 24.4. The van der Waals surface area contributed by atoms with Crippen molar-refractivity contribution in [3.63, 3.8) is 0 Å². The van der Waals surface area contributed by atoms with Gasteiger partial charge < -0.3 is 15.5 Å². The van der Waals surface area contributed by atoms with Gasteiger partial charge in [0.05, 0.1) is 6.04 Å². The van der Waals surface area contributed by atoms with E-state index < -0.39 is 0 Å². The second kappa shape index (κ2) is 5.03. The third-order valence-electron chi connectivity index (χ3n) is 2.81. The molecule has 1 aromatic rings. The van der Waals surface area contributed by atoms with Crippen molar-refractivity contribution in [2.45, 2.75) is 12.5 Å². The predicted octanol–water partition coefficient (Wildman–Crippen LogP) is 0.860. The number of anilines is 1. The monoisotopic (exact) mass is 251 g/mol. The Bertz CT molecular complexity index is 478. The Morgan fingerprint density at radius 1 is 1.50 bits per heavy atom. The Labute approximate surface area is 104 Å². The van der Waals surface area contributed by atoms with E-state index in [-0.39, 0.29) is 30.2 Å². The van der Waals surface area contributed by atoms with E-state index in [1.807, 2.05) is 0 Å². The van der Waals surface area contributed by atoms with Gasteiger partial charge in [-0.25, -0.2) is 9.18 Å². The number of hydrogen-bond acceptors (Lipinski definition) is 2. The molecule has 0 aromatic heterocycles. The fraction of sp³-hybridized carbons (Fsp3) is 0.333. The second-order valence-corrected chi connectivity index (χ2v) is 4.11. The van der Waals surface area contributed by atoms with Gasteiger partial charge in [0.25, 0.3) is 0 Å². The SMILES string of the molecule is CNC(=O)N[C@@H]1CC(=O)N(c2cccc(F)c2)C1. The number of halogens is 1. The lowest BCUT2D eigenvalue weighted by molar-refractivity contribution is -0.117. The van der Waals surface area contributed by atoms with Crippen molar-refractivity contribution in [2.24, 2.45) is 0 Å². The van der Waals surface area contributed by atoms with Crippen molar-refractivity contribution >= 4 is 17.6 Å². The van der Waals surface area contributed by atoms with Crippen LogP contribution in [-0.2, 0) is 4.79 Å². The molecule has 2 N–H and O–H groups in total. The van der Waals surface area contributed by atoms with Crippen molar-refractivity contribution in [3.8, 4) is 0 Å². The van der Waals surface area contributed by atoms with Crippen LogP contribution in [0, 0.1) is 5.82 Å². The van der Waals surface area contributed by atoms with Crippen LogP contribution in [0.1, 0.15) is 6.42 Å². The van der Waals surface area contributed by atoms with Gasteiger partial charge in [0.2, 0.25) is 5.91 Å². The summed E-state index contributed by atoms with van der Waals surface area (Å²) in [7, 11) is 1.51. The van der Waals surface area contributed by atoms with E-state index in [9.17, 15) is 14.0 Å². The van der Waals surface area contributed by atoms with E-state index in [2.05, 4.69) is 10.6 Å². The van der Waals surface area contributed by atoms with Crippen molar-refractivity contribution in [1.29, 1.82) is 0 Å². The zero-order valence-corrected chi connectivity index (χ0v) is 9.94. The van der Waals surface area contributed by atoms with Crippen LogP contribution in [0.5, 0.6) is 0 Å². The maximum Gasteiger partial charge on any atom is 0.314 e. The summed E-state index contributed by atoms with van der Waals surface area (Å²) in [5, 5.41) is 5.10. The van der Waals surface area contributed by atoms with Gasteiger partial charge in [0.15, 0.2) is 0 Å². The number of urea groups is 1. The van der Waals surface area contributed by atoms with E-state index in [4.69, 9.17) is 0 Å². The van der Waals surface area contributed by atoms with Crippen LogP contribution in [0.25, 0.3) is 0 Å². The van der Waals surface area contributed by atoms with E-state index in [1.165, 1.54) is 24.1 Å². The number of amides is 3. The molecule has 1 atom stereocenters. The van der Waals surface area contributed by atoms with Crippen LogP contribution < -0.4 is 15.5 Å². The average Bonchev–Trinajstić information content (AvgIpc) is 2.70. The Morgan fingerprint density at radius 3 is 2.94 bits per heavy atom. The molecule has 0 bridgehead atoms. The van der Waals surface area contributed by atoms with Gasteiger partial charge in [-0.2, -0.15) is 0 Å². The number of carbonyl (C=O) groups is 2. The van der Waals surface area contributed by atoms with E-state index in [1.54, 1.807) is 12.1 Å². The maximum absolute atomic E-state index is 13.1. The first-order valence-electron chi connectivity index (χ1n) is 5.64. The van der Waals surface area contributed by atoms with Gasteiger partial charge in [-0.1, -0.05) is 6.07 Å². The van der Waals surface area contributed by atoms with Gasteiger partial charge in [-0.05, 0) is 18.2 Å². The molecule has 1 aromatic carbocycles. The first-order valence-corrected chi connectivity index (χ1v) is 5.64. The molecule has 0 spiro atoms. The highest BCUT2D eigenvalue weighted by Crippen LogP contribution is 2.22. The topological polar surface area (TPSA) is 61.4 Å². The highest BCUT2D eigenvalue weighted by molar-refractivity contribution is 5.96. The zero-order valence-electron chi connectivity index (χ0n) is 9.94. The first kappa shape index (κ1) is 12.3. The normalized spacial score (nSPS) is 18.9. The molecule has 1 aliphatic heterocycles. The second-order valence-electron chi connectivity index (χ2n) is 4.11. The summed E-state index contributed by atoms with van der Waals surface area (Å²) in [6, 6.07) is 5.28. The lowest BCUT2D eigenvalue weighted by Crippen LogP contribution is -2.41. The fourth-order valence-electron chi connectivity index (χ4n) is 1.96. The Kier molecular flexibility index (Phi) is 3.45. The summed E-state index contributed by atoms with van der Waals surface area (Å²) in [5.41, 5.74) is 0.515. The number of rotatable bonds is 2. The molecule has 0 unspecified atom stereocenters. The summed E-state index contributed by atoms with van der Waals surface area (Å²) in [6.45, 7) is 0.357. The maximum atomic E-state index is 13.1. The Morgan fingerprint density at radius 2 is 2.28 bits per heavy atom. The molecule has 3 amide bonds. The smallest absolute Gasteiger partial charge is 0.314 e. The minimum Gasteiger partial charge on any atom is -0.341 e. The molecular weight excluding hydrogens is 237 g/mol. The standard InChI is InChI=1S/C12H14FN3O2/c1-14-12(18)15-9-6-11(17)16(7-9)10-4-2-3-8(13)5-10/h2-5,9H,6-7H2,1H3,(H2,14,15,18)/t9-/m1/s1. The average molecular weight is 251 g/mol. The molecule has 0 saturated carbocycles. The molecule has 1 heterocycles. The van der Waals surface area contributed by atoms with Crippen LogP contribution in [0.15, 0.2) is 24.3 Å². The molecular formula is C12H14FN3O2.